The van der Waals surface area contributed by atoms with E-state index >= 15 is 0 Å². The number of nitrogens with two attached hydrogens (primary N) is 1. The second-order valence-electron chi connectivity index (χ2n) is 3.51. The minimum absolute atomic E-state index is 0.0360. The second-order valence-corrected chi connectivity index (χ2v) is 4.58. The minimum atomic E-state index is -0.136. The first kappa shape index (κ1) is 12.4. The van der Waals surface area contributed by atoms with E-state index in [1.807, 2.05) is 19.9 Å². The van der Waals surface area contributed by atoms with Crippen molar-refractivity contribution in [1.82, 2.24) is 9.97 Å². The third-order valence-electron chi connectivity index (χ3n) is 1.92. The fraction of sp³-hybridized carbons (Fsp3) is 0.600. The van der Waals surface area contributed by atoms with Crippen LogP contribution in [0.15, 0.2) is 11.2 Å². The smallest absolute Gasteiger partial charge is 0.187 e. The maximum absolute atomic E-state index is 8.75. The van der Waals surface area contributed by atoms with Gasteiger partial charge in [0, 0.05) is 23.2 Å². The van der Waals surface area contributed by atoms with Crippen molar-refractivity contribution in [2.75, 3.05) is 12.4 Å². The molecule has 1 atom stereocenters. The van der Waals surface area contributed by atoms with E-state index in [4.69, 9.17) is 10.8 Å². The molecule has 4 nitrogen and oxygen atoms in total. The van der Waals surface area contributed by atoms with Crippen molar-refractivity contribution >= 4 is 11.8 Å². The maximum atomic E-state index is 8.75. The van der Waals surface area contributed by atoms with Crippen molar-refractivity contribution < 1.29 is 5.11 Å². The molecule has 3 N–H and O–H groups in total. The Morgan fingerprint density at radius 3 is 2.53 bits per heavy atom. The first-order valence-electron chi connectivity index (χ1n) is 4.93. The van der Waals surface area contributed by atoms with Crippen molar-refractivity contribution in [3.63, 3.8) is 0 Å². The molecule has 1 aromatic heterocycles. The van der Waals surface area contributed by atoms with Crippen molar-refractivity contribution in [2.24, 2.45) is 5.73 Å². The standard InChI is InChI=1S/C10H17N3OS/c1-7-5-8(2)13-10(12-7)15-4-3-9(11)6-14/h5,9,14H,3-4,6,11H2,1-2H3. The van der Waals surface area contributed by atoms with Gasteiger partial charge in [0.2, 0.25) is 0 Å². The molecule has 0 aromatic carbocycles. The van der Waals surface area contributed by atoms with Crippen LogP contribution in [0, 0.1) is 13.8 Å². The molecule has 0 radical (unpaired) electrons. The monoisotopic (exact) mass is 227 g/mol. The van der Waals surface area contributed by atoms with Crippen molar-refractivity contribution in [3.8, 4) is 0 Å². The fourth-order valence-electron chi connectivity index (χ4n) is 1.15. The van der Waals surface area contributed by atoms with Crippen LogP contribution in [0.2, 0.25) is 0 Å². The minimum Gasteiger partial charge on any atom is -0.395 e. The lowest BCUT2D eigenvalue weighted by Crippen LogP contribution is -2.24. The van der Waals surface area contributed by atoms with Crippen LogP contribution in [0.5, 0.6) is 0 Å². The number of hydrogen-bond donors (Lipinski definition) is 2. The first-order valence-corrected chi connectivity index (χ1v) is 5.92. The number of hydrogen-bond acceptors (Lipinski definition) is 5. The zero-order chi connectivity index (χ0) is 11.3. The van der Waals surface area contributed by atoms with Gasteiger partial charge in [0.25, 0.3) is 0 Å². The zero-order valence-electron chi connectivity index (χ0n) is 9.10. The van der Waals surface area contributed by atoms with Crippen LogP contribution in [-0.4, -0.2) is 33.5 Å². The van der Waals surface area contributed by atoms with E-state index in [1.165, 1.54) is 0 Å². The van der Waals surface area contributed by atoms with Gasteiger partial charge in [-0.1, -0.05) is 11.8 Å². The Morgan fingerprint density at radius 2 is 2.00 bits per heavy atom. The lowest BCUT2D eigenvalue weighted by Gasteiger charge is -2.07. The summed E-state index contributed by atoms with van der Waals surface area (Å²) in [5, 5.41) is 9.54. The summed E-state index contributed by atoms with van der Waals surface area (Å²) in [6.45, 7) is 3.95. The number of aromatic nitrogens is 2. The maximum Gasteiger partial charge on any atom is 0.187 e. The molecule has 15 heavy (non-hydrogen) atoms. The molecular weight excluding hydrogens is 210 g/mol. The highest BCUT2D eigenvalue weighted by Gasteiger charge is 2.03. The molecule has 0 fully saturated rings. The van der Waals surface area contributed by atoms with Crippen LogP contribution in [0.4, 0.5) is 0 Å². The summed E-state index contributed by atoms with van der Waals surface area (Å²) in [5.41, 5.74) is 7.56. The number of aliphatic hydroxyl groups excluding tert-OH is 1. The van der Waals surface area contributed by atoms with Gasteiger partial charge in [-0.05, 0) is 26.3 Å². The summed E-state index contributed by atoms with van der Waals surface area (Å²) in [6, 6.07) is 1.81. The number of thioether (sulfide) groups is 1. The molecule has 0 bridgehead atoms. The van der Waals surface area contributed by atoms with E-state index in [9.17, 15) is 0 Å². The molecule has 0 amide bonds. The van der Waals surface area contributed by atoms with Gasteiger partial charge in [-0.3, -0.25) is 0 Å². The molecule has 5 heteroatoms. The molecule has 1 heterocycles. The van der Waals surface area contributed by atoms with Crippen molar-refractivity contribution in [3.05, 3.63) is 17.5 Å². The van der Waals surface area contributed by atoms with Gasteiger partial charge in [0.15, 0.2) is 5.16 Å². The Hall–Kier alpha value is -0.650. The molecule has 0 aliphatic rings. The number of nitrogens with zero attached hydrogens (tertiary/aromatic N) is 2. The van der Waals surface area contributed by atoms with Gasteiger partial charge in [-0.2, -0.15) is 0 Å². The first-order chi connectivity index (χ1) is 7.11. The summed E-state index contributed by atoms with van der Waals surface area (Å²) >= 11 is 1.58. The van der Waals surface area contributed by atoms with E-state index in [1.54, 1.807) is 11.8 Å². The summed E-state index contributed by atoms with van der Waals surface area (Å²) < 4.78 is 0. The molecule has 84 valence electrons. The predicted octanol–water partition coefficient (Wildman–Crippen LogP) is 0.895. The van der Waals surface area contributed by atoms with Gasteiger partial charge in [-0.25, -0.2) is 9.97 Å². The van der Waals surface area contributed by atoms with Crippen LogP contribution in [-0.2, 0) is 0 Å². The molecule has 0 saturated heterocycles. The second kappa shape index (κ2) is 6.05. The third-order valence-corrected chi connectivity index (χ3v) is 2.80. The number of aliphatic hydroxyl groups is 1. The molecule has 1 aromatic rings. The van der Waals surface area contributed by atoms with Gasteiger partial charge < -0.3 is 10.8 Å². The van der Waals surface area contributed by atoms with E-state index in [0.29, 0.717) is 0 Å². The van der Waals surface area contributed by atoms with E-state index in [-0.39, 0.29) is 12.6 Å². The Balaban J connectivity index is 2.43. The van der Waals surface area contributed by atoms with E-state index in [2.05, 4.69) is 9.97 Å². The van der Waals surface area contributed by atoms with Crippen molar-refractivity contribution in [2.45, 2.75) is 31.5 Å². The molecule has 0 saturated carbocycles. The number of aryl methyl sites for hydroxylation is 2. The van der Waals surface area contributed by atoms with E-state index < -0.39 is 0 Å². The Labute approximate surface area is 94.3 Å². The van der Waals surface area contributed by atoms with Gasteiger partial charge in [0.05, 0.1) is 6.61 Å². The lowest BCUT2D eigenvalue weighted by atomic mass is 10.3. The molecule has 0 aliphatic heterocycles. The van der Waals surface area contributed by atoms with Gasteiger partial charge in [-0.15, -0.1) is 0 Å². The topological polar surface area (TPSA) is 72.0 Å². The quantitative estimate of drug-likeness (QED) is 0.577. The Morgan fingerprint density at radius 1 is 1.40 bits per heavy atom. The summed E-state index contributed by atoms with van der Waals surface area (Å²) in [4.78, 5) is 8.61. The average Bonchev–Trinajstić information content (AvgIpc) is 2.16. The highest BCUT2D eigenvalue weighted by atomic mass is 32.2. The van der Waals surface area contributed by atoms with Crippen LogP contribution in [0.3, 0.4) is 0 Å². The third kappa shape index (κ3) is 4.59. The van der Waals surface area contributed by atoms with Gasteiger partial charge in [0.1, 0.15) is 0 Å². The largest absolute Gasteiger partial charge is 0.395 e. The highest BCUT2D eigenvalue weighted by molar-refractivity contribution is 7.99. The molecule has 1 rings (SSSR count). The Bertz CT molecular complexity index is 299. The van der Waals surface area contributed by atoms with Crippen LogP contribution >= 0.6 is 11.8 Å². The molecular formula is C10H17N3OS. The lowest BCUT2D eigenvalue weighted by molar-refractivity contribution is 0.264. The average molecular weight is 227 g/mol. The molecule has 1 unspecified atom stereocenters. The predicted molar refractivity (Wildman–Crippen MR) is 61.9 cm³/mol. The summed E-state index contributed by atoms with van der Waals surface area (Å²) in [7, 11) is 0. The van der Waals surface area contributed by atoms with Crippen LogP contribution in [0.25, 0.3) is 0 Å². The SMILES string of the molecule is Cc1cc(C)nc(SCCC(N)CO)n1. The summed E-state index contributed by atoms with van der Waals surface area (Å²) in [5.74, 6) is 0.838. The van der Waals surface area contributed by atoms with Crippen LogP contribution < -0.4 is 5.73 Å². The zero-order valence-corrected chi connectivity index (χ0v) is 9.92. The fourth-order valence-corrected chi connectivity index (χ4v) is 2.17. The highest BCUT2D eigenvalue weighted by Crippen LogP contribution is 2.15. The Kier molecular flexibility index (Phi) is 5.01. The van der Waals surface area contributed by atoms with E-state index in [0.717, 1.165) is 28.7 Å². The normalized spacial score (nSPS) is 12.8. The molecule has 0 spiro atoms. The number of rotatable bonds is 5. The molecule has 0 aliphatic carbocycles. The van der Waals surface area contributed by atoms with Gasteiger partial charge >= 0.3 is 0 Å². The van der Waals surface area contributed by atoms with Crippen LogP contribution in [0.1, 0.15) is 17.8 Å². The van der Waals surface area contributed by atoms with Crippen molar-refractivity contribution in [1.29, 1.82) is 0 Å². The summed E-state index contributed by atoms with van der Waals surface area (Å²) in [6.07, 6.45) is 0.775.